The van der Waals surface area contributed by atoms with Crippen molar-refractivity contribution < 1.29 is 24.2 Å². The maximum absolute atomic E-state index is 13.0. The Balaban J connectivity index is 2.15. The SMILES string of the molecule is CC1(c2ccccc2)C(=O)c2cc(OCC(=O)O)c(Cl)c(Cl)c2C1=O. The Morgan fingerprint density at radius 2 is 1.76 bits per heavy atom. The number of hydrogen-bond donors (Lipinski definition) is 1. The molecule has 25 heavy (non-hydrogen) atoms. The van der Waals surface area contributed by atoms with Crippen molar-refractivity contribution in [3.05, 3.63) is 63.1 Å². The summed E-state index contributed by atoms with van der Waals surface area (Å²) >= 11 is 12.3. The second-order valence-electron chi connectivity index (χ2n) is 5.76. The molecule has 0 radical (unpaired) electrons. The first-order valence-electron chi connectivity index (χ1n) is 7.30. The van der Waals surface area contributed by atoms with Crippen LogP contribution < -0.4 is 4.74 Å². The lowest BCUT2D eigenvalue weighted by atomic mass is 9.78. The van der Waals surface area contributed by atoms with Gasteiger partial charge in [-0.25, -0.2) is 4.79 Å². The van der Waals surface area contributed by atoms with Crippen molar-refractivity contribution in [2.45, 2.75) is 12.3 Å². The number of carbonyl (C=O) groups is 3. The standard InChI is InChI=1S/C18H12Cl2O5/c1-18(9-5-3-2-4-6-9)16(23)10-7-11(25-8-12(21)22)14(19)15(20)13(10)17(18)24/h2-7H,8H2,1H3,(H,21,22). The van der Waals surface area contributed by atoms with Crippen molar-refractivity contribution in [2.24, 2.45) is 0 Å². The number of hydrogen-bond acceptors (Lipinski definition) is 4. The first-order valence-corrected chi connectivity index (χ1v) is 8.05. The van der Waals surface area contributed by atoms with E-state index in [9.17, 15) is 14.4 Å². The highest BCUT2D eigenvalue weighted by Crippen LogP contribution is 2.47. The van der Waals surface area contributed by atoms with E-state index in [-0.39, 0.29) is 26.9 Å². The Bertz CT molecular complexity index is 907. The second kappa shape index (κ2) is 6.17. The lowest BCUT2D eigenvalue weighted by Gasteiger charge is -2.20. The molecule has 0 amide bonds. The van der Waals surface area contributed by atoms with Gasteiger partial charge in [-0.15, -0.1) is 0 Å². The van der Waals surface area contributed by atoms with E-state index >= 15 is 0 Å². The summed E-state index contributed by atoms with van der Waals surface area (Å²) in [6.45, 7) is 0.891. The van der Waals surface area contributed by atoms with Gasteiger partial charge in [-0.2, -0.15) is 0 Å². The fourth-order valence-corrected chi connectivity index (χ4v) is 3.39. The van der Waals surface area contributed by atoms with Crippen molar-refractivity contribution in [1.29, 1.82) is 0 Å². The first-order chi connectivity index (χ1) is 11.8. The summed E-state index contributed by atoms with van der Waals surface area (Å²) in [5.41, 5.74) is -0.764. The second-order valence-corrected chi connectivity index (χ2v) is 6.51. The van der Waals surface area contributed by atoms with Gasteiger partial charge in [-0.05, 0) is 18.6 Å². The number of benzene rings is 2. The lowest BCUT2D eigenvalue weighted by Crippen LogP contribution is -2.34. The summed E-state index contributed by atoms with van der Waals surface area (Å²) in [6.07, 6.45) is 0. The number of carbonyl (C=O) groups excluding carboxylic acids is 2. The molecule has 7 heteroatoms. The lowest BCUT2D eigenvalue weighted by molar-refractivity contribution is -0.139. The maximum atomic E-state index is 13.0. The molecule has 128 valence electrons. The molecule has 0 spiro atoms. The van der Waals surface area contributed by atoms with E-state index in [1.165, 1.54) is 13.0 Å². The fourth-order valence-electron chi connectivity index (χ4n) is 2.90. The van der Waals surface area contributed by atoms with Crippen LogP contribution in [-0.4, -0.2) is 29.2 Å². The van der Waals surface area contributed by atoms with Crippen molar-refractivity contribution in [3.63, 3.8) is 0 Å². The Morgan fingerprint density at radius 1 is 1.12 bits per heavy atom. The van der Waals surface area contributed by atoms with Gasteiger partial charge in [0.1, 0.15) is 16.2 Å². The quantitative estimate of drug-likeness (QED) is 0.818. The first kappa shape index (κ1) is 17.5. The molecule has 0 aliphatic heterocycles. The molecule has 0 aromatic heterocycles. The zero-order valence-corrected chi connectivity index (χ0v) is 14.5. The molecule has 1 unspecified atom stereocenters. The molecule has 1 N–H and O–H groups in total. The number of ether oxygens (including phenoxy) is 1. The summed E-state index contributed by atoms with van der Waals surface area (Å²) < 4.78 is 5.08. The molecule has 2 aromatic carbocycles. The maximum Gasteiger partial charge on any atom is 0.341 e. The van der Waals surface area contributed by atoms with Gasteiger partial charge in [0.2, 0.25) is 0 Å². The largest absolute Gasteiger partial charge is 0.480 e. The minimum Gasteiger partial charge on any atom is -0.480 e. The third-order valence-electron chi connectivity index (χ3n) is 4.26. The molecule has 3 rings (SSSR count). The Kier molecular flexibility index (Phi) is 4.31. The van der Waals surface area contributed by atoms with Gasteiger partial charge in [0.15, 0.2) is 18.2 Å². The number of ketones is 2. The number of carboxylic acids is 1. The van der Waals surface area contributed by atoms with E-state index in [4.69, 9.17) is 33.0 Å². The van der Waals surface area contributed by atoms with Gasteiger partial charge in [0.05, 0.1) is 10.6 Å². The van der Waals surface area contributed by atoms with Crippen LogP contribution in [0.3, 0.4) is 0 Å². The number of fused-ring (bicyclic) bond motifs is 1. The van der Waals surface area contributed by atoms with Crippen LogP contribution in [0, 0.1) is 0 Å². The molecule has 1 aliphatic rings. The van der Waals surface area contributed by atoms with Crippen LogP contribution in [0.4, 0.5) is 0 Å². The number of halogens is 2. The van der Waals surface area contributed by atoms with Crippen LogP contribution in [0.5, 0.6) is 5.75 Å². The summed E-state index contributed by atoms with van der Waals surface area (Å²) in [4.78, 5) is 36.7. The molecule has 0 heterocycles. The van der Waals surface area contributed by atoms with Crippen LogP contribution in [0.25, 0.3) is 0 Å². The van der Waals surface area contributed by atoms with Gasteiger partial charge in [0, 0.05) is 5.56 Å². The topological polar surface area (TPSA) is 80.7 Å². The van der Waals surface area contributed by atoms with E-state index in [0.29, 0.717) is 5.56 Å². The monoisotopic (exact) mass is 378 g/mol. The van der Waals surface area contributed by atoms with Gasteiger partial charge < -0.3 is 9.84 Å². The van der Waals surface area contributed by atoms with Crippen molar-refractivity contribution in [1.82, 2.24) is 0 Å². The molecule has 1 aliphatic carbocycles. The van der Waals surface area contributed by atoms with Crippen molar-refractivity contribution in [3.8, 4) is 5.75 Å². The molecule has 0 saturated carbocycles. The van der Waals surface area contributed by atoms with Gasteiger partial charge >= 0.3 is 5.97 Å². The zero-order chi connectivity index (χ0) is 18.4. The van der Waals surface area contributed by atoms with Crippen LogP contribution in [0.2, 0.25) is 10.0 Å². The number of aliphatic carboxylic acids is 1. The number of Topliss-reactive ketones (excluding diaryl/α,β-unsaturated/α-hetero) is 2. The highest BCUT2D eigenvalue weighted by atomic mass is 35.5. The van der Waals surface area contributed by atoms with E-state index < -0.39 is 29.6 Å². The van der Waals surface area contributed by atoms with Gasteiger partial charge in [-0.3, -0.25) is 9.59 Å². The molecular formula is C18H12Cl2O5. The number of rotatable bonds is 4. The fraction of sp³-hybridized carbons (Fsp3) is 0.167. The van der Waals surface area contributed by atoms with Crippen LogP contribution in [0.15, 0.2) is 36.4 Å². The summed E-state index contributed by atoms with van der Waals surface area (Å²) in [5, 5.41) is 8.52. The van der Waals surface area contributed by atoms with Crippen LogP contribution in [-0.2, 0) is 10.2 Å². The Labute approximate surface area is 153 Å². The van der Waals surface area contributed by atoms with E-state index in [1.807, 2.05) is 0 Å². The average molecular weight is 379 g/mol. The van der Waals surface area contributed by atoms with E-state index in [1.54, 1.807) is 30.3 Å². The van der Waals surface area contributed by atoms with Crippen molar-refractivity contribution >= 4 is 40.7 Å². The van der Waals surface area contributed by atoms with Crippen molar-refractivity contribution in [2.75, 3.05) is 6.61 Å². The molecule has 0 saturated heterocycles. The number of carboxylic acid groups (broad SMARTS) is 1. The van der Waals surface area contributed by atoms with Crippen LogP contribution in [0.1, 0.15) is 33.2 Å². The predicted octanol–water partition coefficient (Wildman–Crippen LogP) is 3.79. The summed E-state index contributed by atoms with van der Waals surface area (Å²) in [7, 11) is 0. The summed E-state index contributed by atoms with van der Waals surface area (Å²) in [5.74, 6) is -2.14. The highest BCUT2D eigenvalue weighted by Gasteiger charge is 2.52. The minimum atomic E-state index is -1.41. The minimum absolute atomic E-state index is 0.0331. The Hall–Kier alpha value is -2.37. The highest BCUT2D eigenvalue weighted by molar-refractivity contribution is 6.48. The normalized spacial score (nSPS) is 19.0. The molecule has 0 bridgehead atoms. The molecular weight excluding hydrogens is 367 g/mol. The molecule has 0 fully saturated rings. The Morgan fingerprint density at radius 3 is 2.36 bits per heavy atom. The van der Waals surface area contributed by atoms with E-state index in [0.717, 1.165) is 0 Å². The van der Waals surface area contributed by atoms with Gasteiger partial charge in [0.25, 0.3) is 0 Å². The third kappa shape index (κ3) is 2.60. The average Bonchev–Trinajstić information content (AvgIpc) is 2.79. The molecule has 1 atom stereocenters. The van der Waals surface area contributed by atoms with E-state index in [2.05, 4.69) is 0 Å². The zero-order valence-electron chi connectivity index (χ0n) is 13.0. The molecule has 5 nitrogen and oxygen atoms in total. The molecule has 2 aromatic rings. The third-order valence-corrected chi connectivity index (χ3v) is 5.11. The van der Waals surface area contributed by atoms with Crippen LogP contribution >= 0.6 is 23.2 Å². The smallest absolute Gasteiger partial charge is 0.341 e. The van der Waals surface area contributed by atoms with Gasteiger partial charge in [-0.1, -0.05) is 53.5 Å². The predicted molar refractivity (Wildman–Crippen MR) is 92.0 cm³/mol. The summed E-state index contributed by atoms with van der Waals surface area (Å²) in [6, 6.07) is 9.92.